The molecular weight excluding hydrogens is 380 g/mol. The van der Waals surface area contributed by atoms with Gasteiger partial charge in [0, 0.05) is 6.54 Å². The van der Waals surface area contributed by atoms with Crippen LogP contribution in [0.4, 0.5) is 4.79 Å². The van der Waals surface area contributed by atoms with E-state index >= 15 is 0 Å². The van der Waals surface area contributed by atoms with Crippen LogP contribution in [0.25, 0.3) is 0 Å². The second kappa shape index (κ2) is 8.62. The molecule has 1 amide bonds. The molecule has 0 saturated heterocycles. The maximum atomic E-state index is 11.6. The molecule has 0 saturated carbocycles. The summed E-state index contributed by atoms with van der Waals surface area (Å²) in [4.78, 5) is 15.5. The lowest BCUT2D eigenvalue weighted by Gasteiger charge is -2.18. The molecule has 0 aliphatic carbocycles. The van der Waals surface area contributed by atoms with Crippen molar-refractivity contribution in [3.63, 3.8) is 0 Å². The molecular formula is C16H17BrN2O5. The van der Waals surface area contributed by atoms with E-state index in [1.54, 1.807) is 0 Å². The number of nitrogens with zero attached hydrogens (tertiary/aromatic N) is 1. The second-order valence-corrected chi connectivity index (χ2v) is 5.81. The van der Waals surface area contributed by atoms with Crippen molar-refractivity contribution in [3.8, 4) is 5.75 Å². The number of halogens is 1. The van der Waals surface area contributed by atoms with Crippen molar-refractivity contribution in [2.45, 2.75) is 18.8 Å². The van der Waals surface area contributed by atoms with E-state index < -0.39 is 18.3 Å². The minimum Gasteiger partial charge on any atom is -0.506 e. The van der Waals surface area contributed by atoms with Crippen LogP contribution < -0.4 is 5.32 Å². The van der Waals surface area contributed by atoms with Gasteiger partial charge in [0.25, 0.3) is 0 Å². The van der Waals surface area contributed by atoms with E-state index in [0.717, 1.165) is 5.56 Å². The van der Waals surface area contributed by atoms with Crippen molar-refractivity contribution in [1.82, 2.24) is 10.3 Å². The molecule has 0 aliphatic heterocycles. The average Bonchev–Trinajstić information content (AvgIpc) is 2.60. The third-order valence-electron chi connectivity index (χ3n) is 3.18. The fraction of sp³-hybridized carbons (Fsp3) is 0.250. The zero-order valence-corrected chi connectivity index (χ0v) is 14.2. The third-order valence-corrected chi connectivity index (χ3v) is 3.62. The Morgan fingerprint density at radius 2 is 1.92 bits per heavy atom. The average molecular weight is 397 g/mol. The van der Waals surface area contributed by atoms with Gasteiger partial charge >= 0.3 is 6.09 Å². The van der Waals surface area contributed by atoms with Crippen molar-refractivity contribution < 1.29 is 24.9 Å². The number of hydrogen-bond acceptors (Lipinski definition) is 6. The van der Waals surface area contributed by atoms with E-state index in [1.807, 2.05) is 30.3 Å². The fourth-order valence-corrected chi connectivity index (χ4v) is 2.24. The summed E-state index contributed by atoms with van der Waals surface area (Å²) in [5, 5.41) is 32.0. The molecule has 24 heavy (non-hydrogen) atoms. The number of aliphatic hydroxyl groups excluding tert-OH is 2. The lowest BCUT2D eigenvalue weighted by molar-refractivity contribution is 0.0144. The molecule has 1 heterocycles. The third kappa shape index (κ3) is 5.19. The van der Waals surface area contributed by atoms with Crippen LogP contribution in [0.2, 0.25) is 0 Å². The Balaban J connectivity index is 1.82. The molecule has 7 nitrogen and oxygen atoms in total. The Hall–Kier alpha value is -2.16. The number of nitrogens with one attached hydrogen (secondary N) is 1. The topological polar surface area (TPSA) is 112 Å². The lowest BCUT2D eigenvalue weighted by Crippen LogP contribution is -2.36. The Kier molecular flexibility index (Phi) is 6.53. The number of aromatic nitrogens is 1. The predicted octanol–water partition coefficient (Wildman–Crippen LogP) is 1.87. The van der Waals surface area contributed by atoms with Crippen LogP contribution in [0.1, 0.15) is 17.4 Å². The van der Waals surface area contributed by atoms with E-state index in [-0.39, 0.29) is 24.6 Å². The first-order valence-electron chi connectivity index (χ1n) is 7.13. The van der Waals surface area contributed by atoms with Gasteiger partial charge in [-0.25, -0.2) is 9.78 Å². The van der Waals surface area contributed by atoms with Gasteiger partial charge < -0.3 is 25.4 Å². The van der Waals surface area contributed by atoms with Gasteiger partial charge in [-0.05, 0) is 33.6 Å². The first kappa shape index (κ1) is 18.2. The summed E-state index contributed by atoms with van der Waals surface area (Å²) in [5.74, 6) is -0.253. The van der Waals surface area contributed by atoms with E-state index in [0.29, 0.717) is 4.60 Å². The number of aliphatic hydroxyl groups is 2. The van der Waals surface area contributed by atoms with Crippen LogP contribution in [0.15, 0.2) is 47.1 Å². The van der Waals surface area contributed by atoms with Gasteiger partial charge in [0.1, 0.15) is 34.9 Å². The smallest absolute Gasteiger partial charge is 0.407 e. The Morgan fingerprint density at radius 3 is 2.62 bits per heavy atom. The van der Waals surface area contributed by atoms with Crippen LogP contribution in [0.5, 0.6) is 5.75 Å². The quantitative estimate of drug-likeness (QED) is 0.554. The molecule has 4 N–H and O–H groups in total. The van der Waals surface area contributed by atoms with Crippen LogP contribution >= 0.6 is 15.9 Å². The van der Waals surface area contributed by atoms with Gasteiger partial charge in [0.05, 0.1) is 0 Å². The van der Waals surface area contributed by atoms with Gasteiger partial charge in [-0.3, -0.25) is 0 Å². The molecule has 0 bridgehead atoms. The summed E-state index contributed by atoms with van der Waals surface area (Å²) in [6.07, 6.45) is -3.55. The standard InChI is InChI=1S/C16H17BrN2O5/c17-13-7-6-11(20)14(19-13)15(22)12(21)8-18-16(23)24-9-10-4-2-1-3-5-10/h1-7,12,15,20-22H,8-9H2,(H,18,23). The Morgan fingerprint density at radius 1 is 1.21 bits per heavy atom. The maximum absolute atomic E-state index is 11.6. The van der Waals surface area contributed by atoms with E-state index in [4.69, 9.17) is 4.74 Å². The molecule has 2 unspecified atom stereocenters. The molecule has 128 valence electrons. The number of rotatable bonds is 6. The first-order valence-corrected chi connectivity index (χ1v) is 7.92. The number of alkyl carbamates (subject to hydrolysis) is 1. The monoisotopic (exact) mass is 396 g/mol. The van der Waals surface area contributed by atoms with Gasteiger partial charge in [-0.15, -0.1) is 0 Å². The summed E-state index contributed by atoms with van der Waals surface area (Å²) >= 11 is 3.11. The van der Waals surface area contributed by atoms with Gasteiger partial charge in [-0.1, -0.05) is 30.3 Å². The van der Waals surface area contributed by atoms with Gasteiger partial charge in [0.15, 0.2) is 0 Å². The zero-order chi connectivity index (χ0) is 17.5. The highest BCUT2D eigenvalue weighted by atomic mass is 79.9. The van der Waals surface area contributed by atoms with E-state index in [9.17, 15) is 20.1 Å². The number of pyridine rings is 1. The zero-order valence-electron chi connectivity index (χ0n) is 12.6. The highest BCUT2D eigenvalue weighted by molar-refractivity contribution is 9.10. The molecule has 8 heteroatoms. The summed E-state index contributed by atoms with van der Waals surface area (Å²) in [6.45, 7) is -0.165. The fourth-order valence-electron chi connectivity index (χ4n) is 1.92. The number of ether oxygens (including phenoxy) is 1. The number of amides is 1. The largest absolute Gasteiger partial charge is 0.506 e. The van der Waals surface area contributed by atoms with Crippen molar-refractivity contribution >= 4 is 22.0 Å². The number of carbonyl (C=O) groups is 1. The maximum Gasteiger partial charge on any atom is 0.407 e. The van der Waals surface area contributed by atoms with E-state index in [1.165, 1.54) is 12.1 Å². The number of carbonyl (C=O) groups excluding carboxylic acids is 1. The minimum atomic E-state index is -1.46. The molecule has 1 aromatic carbocycles. The number of aromatic hydroxyl groups is 1. The van der Waals surface area contributed by atoms with Crippen LogP contribution in [-0.4, -0.2) is 39.0 Å². The predicted molar refractivity (Wildman–Crippen MR) is 89.2 cm³/mol. The molecule has 1 aromatic heterocycles. The van der Waals surface area contributed by atoms with Crippen molar-refractivity contribution in [3.05, 3.63) is 58.3 Å². The summed E-state index contributed by atoms with van der Waals surface area (Å²) in [6, 6.07) is 12.0. The van der Waals surface area contributed by atoms with Crippen molar-refractivity contribution in [2.75, 3.05) is 6.54 Å². The highest BCUT2D eigenvalue weighted by Crippen LogP contribution is 2.26. The highest BCUT2D eigenvalue weighted by Gasteiger charge is 2.23. The Labute approximate surface area is 147 Å². The normalized spacial score (nSPS) is 13.1. The minimum absolute atomic E-state index is 0.0867. The molecule has 2 aromatic rings. The lowest BCUT2D eigenvalue weighted by atomic mass is 10.1. The summed E-state index contributed by atoms with van der Waals surface area (Å²) in [5.41, 5.74) is 0.743. The molecule has 0 spiro atoms. The van der Waals surface area contributed by atoms with Crippen LogP contribution in [-0.2, 0) is 11.3 Å². The molecule has 2 atom stereocenters. The van der Waals surface area contributed by atoms with Crippen molar-refractivity contribution in [2.24, 2.45) is 0 Å². The summed E-state index contributed by atoms with van der Waals surface area (Å²) < 4.78 is 5.39. The van der Waals surface area contributed by atoms with Crippen molar-refractivity contribution in [1.29, 1.82) is 0 Å². The molecule has 2 rings (SSSR count). The molecule has 0 aliphatic rings. The second-order valence-electron chi connectivity index (χ2n) is 4.99. The Bertz CT molecular complexity index is 683. The van der Waals surface area contributed by atoms with Gasteiger partial charge in [0.2, 0.25) is 0 Å². The van der Waals surface area contributed by atoms with E-state index in [2.05, 4.69) is 26.2 Å². The van der Waals surface area contributed by atoms with Gasteiger partial charge in [-0.2, -0.15) is 0 Å². The van der Waals surface area contributed by atoms with Crippen LogP contribution in [0, 0.1) is 0 Å². The molecule has 0 radical (unpaired) electrons. The summed E-state index contributed by atoms with van der Waals surface area (Å²) in [7, 11) is 0. The SMILES string of the molecule is O=C(NCC(O)C(O)c1nc(Br)ccc1O)OCc1ccccc1. The number of benzene rings is 1. The molecule has 0 fully saturated rings. The first-order chi connectivity index (χ1) is 11.5. The number of hydrogen-bond donors (Lipinski definition) is 4. The van der Waals surface area contributed by atoms with Crippen LogP contribution in [0.3, 0.4) is 0 Å².